The van der Waals surface area contributed by atoms with Crippen LogP contribution >= 0.6 is 23.2 Å². The zero-order valence-corrected chi connectivity index (χ0v) is 15.2. The predicted octanol–water partition coefficient (Wildman–Crippen LogP) is 4.95. The number of anilines is 2. The SMILES string of the molecule is CCCCCNc1cc(C(=O)Nc2c(Cl)cccc2Cl)nc(C)n1. The molecule has 0 spiro atoms. The van der Waals surface area contributed by atoms with Crippen molar-refractivity contribution in [1.82, 2.24) is 9.97 Å². The van der Waals surface area contributed by atoms with Gasteiger partial charge in [0.2, 0.25) is 0 Å². The highest BCUT2D eigenvalue weighted by Crippen LogP contribution is 2.30. The molecule has 0 fully saturated rings. The fourth-order valence-electron chi connectivity index (χ4n) is 2.16. The van der Waals surface area contributed by atoms with Crippen molar-refractivity contribution in [3.05, 3.63) is 45.8 Å². The summed E-state index contributed by atoms with van der Waals surface area (Å²) in [4.78, 5) is 20.9. The first kappa shape index (κ1) is 18.5. The molecule has 7 heteroatoms. The van der Waals surface area contributed by atoms with Gasteiger partial charge in [0.05, 0.1) is 15.7 Å². The van der Waals surface area contributed by atoms with Gasteiger partial charge < -0.3 is 10.6 Å². The van der Waals surface area contributed by atoms with Crippen LogP contribution in [0.1, 0.15) is 42.5 Å². The number of benzene rings is 1. The number of carbonyl (C=O) groups is 1. The Morgan fingerprint density at radius 2 is 1.88 bits per heavy atom. The van der Waals surface area contributed by atoms with Crippen molar-refractivity contribution in [3.8, 4) is 0 Å². The van der Waals surface area contributed by atoms with Gasteiger partial charge in [0.1, 0.15) is 17.3 Å². The predicted molar refractivity (Wildman–Crippen MR) is 99.2 cm³/mol. The van der Waals surface area contributed by atoms with Crippen LogP contribution in [0.3, 0.4) is 0 Å². The number of aryl methyl sites for hydroxylation is 1. The summed E-state index contributed by atoms with van der Waals surface area (Å²) >= 11 is 12.2. The molecule has 0 aliphatic rings. The second-order valence-electron chi connectivity index (χ2n) is 5.37. The van der Waals surface area contributed by atoms with Gasteiger partial charge in [0.15, 0.2) is 0 Å². The molecular weight excluding hydrogens is 347 g/mol. The fraction of sp³-hybridized carbons (Fsp3) is 0.353. The topological polar surface area (TPSA) is 66.9 Å². The smallest absolute Gasteiger partial charge is 0.274 e. The van der Waals surface area contributed by atoms with E-state index in [0.29, 0.717) is 27.4 Å². The summed E-state index contributed by atoms with van der Waals surface area (Å²) in [6.07, 6.45) is 3.35. The molecule has 1 aromatic heterocycles. The number of aromatic nitrogens is 2. The molecule has 0 atom stereocenters. The van der Waals surface area contributed by atoms with Crippen molar-refractivity contribution in [2.45, 2.75) is 33.1 Å². The molecule has 2 N–H and O–H groups in total. The summed E-state index contributed by atoms with van der Waals surface area (Å²) < 4.78 is 0. The highest BCUT2D eigenvalue weighted by Gasteiger charge is 2.14. The van der Waals surface area contributed by atoms with Crippen molar-refractivity contribution < 1.29 is 4.79 Å². The van der Waals surface area contributed by atoms with Crippen LogP contribution in [0.4, 0.5) is 11.5 Å². The third kappa shape index (κ3) is 5.08. The number of carbonyl (C=O) groups excluding carboxylic acids is 1. The van der Waals surface area contributed by atoms with E-state index in [1.165, 1.54) is 0 Å². The lowest BCUT2D eigenvalue weighted by molar-refractivity contribution is 0.102. The standard InChI is InChI=1S/C17H20Cl2N4O/c1-3-4-5-9-20-15-10-14(21-11(2)22-15)17(24)23-16-12(18)7-6-8-13(16)19/h6-8,10H,3-5,9H2,1-2H3,(H,23,24)(H,20,21,22). The number of unbranched alkanes of at least 4 members (excludes halogenated alkanes) is 2. The molecular formula is C17H20Cl2N4O. The van der Waals surface area contributed by atoms with Crippen LogP contribution in [0.25, 0.3) is 0 Å². The molecule has 24 heavy (non-hydrogen) atoms. The number of para-hydroxylation sites is 1. The third-order valence-corrected chi connectivity index (χ3v) is 3.99. The minimum absolute atomic E-state index is 0.261. The molecule has 0 aliphatic heterocycles. The Labute approximate surface area is 151 Å². The Balaban J connectivity index is 2.13. The van der Waals surface area contributed by atoms with Crippen molar-refractivity contribution >= 4 is 40.6 Å². The van der Waals surface area contributed by atoms with Crippen LogP contribution in [-0.4, -0.2) is 22.4 Å². The number of hydrogen-bond acceptors (Lipinski definition) is 4. The molecule has 1 heterocycles. The number of hydrogen-bond donors (Lipinski definition) is 2. The highest BCUT2D eigenvalue weighted by atomic mass is 35.5. The van der Waals surface area contributed by atoms with Crippen molar-refractivity contribution in [3.63, 3.8) is 0 Å². The monoisotopic (exact) mass is 366 g/mol. The lowest BCUT2D eigenvalue weighted by Gasteiger charge is -2.11. The van der Waals surface area contributed by atoms with Crippen molar-refractivity contribution in [2.24, 2.45) is 0 Å². The molecule has 2 aromatic rings. The van der Waals surface area contributed by atoms with Gasteiger partial charge in [-0.25, -0.2) is 9.97 Å². The number of nitrogens with zero attached hydrogens (tertiary/aromatic N) is 2. The van der Waals surface area contributed by atoms with Crippen molar-refractivity contribution in [2.75, 3.05) is 17.2 Å². The molecule has 5 nitrogen and oxygen atoms in total. The number of amides is 1. The lowest BCUT2D eigenvalue weighted by Crippen LogP contribution is -2.16. The van der Waals surface area contributed by atoms with Crippen LogP contribution in [0, 0.1) is 6.92 Å². The van der Waals surface area contributed by atoms with E-state index in [0.717, 1.165) is 25.8 Å². The molecule has 0 unspecified atom stereocenters. The maximum Gasteiger partial charge on any atom is 0.274 e. The van der Waals surface area contributed by atoms with Gasteiger partial charge in [0.25, 0.3) is 5.91 Å². The maximum absolute atomic E-state index is 12.5. The quantitative estimate of drug-likeness (QED) is 0.680. The molecule has 0 bridgehead atoms. The zero-order chi connectivity index (χ0) is 17.5. The summed E-state index contributed by atoms with van der Waals surface area (Å²) in [7, 11) is 0. The fourth-order valence-corrected chi connectivity index (χ4v) is 2.65. The Morgan fingerprint density at radius 1 is 1.17 bits per heavy atom. The van der Waals surface area contributed by atoms with E-state index in [-0.39, 0.29) is 11.6 Å². The van der Waals surface area contributed by atoms with Crippen LogP contribution in [0.5, 0.6) is 0 Å². The van der Waals surface area contributed by atoms with Crippen molar-refractivity contribution in [1.29, 1.82) is 0 Å². The Hall–Kier alpha value is -1.85. The Morgan fingerprint density at radius 3 is 2.54 bits per heavy atom. The van der Waals surface area contributed by atoms with Crippen LogP contribution < -0.4 is 10.6 Å². The highest BCUT2D eigenvalue weighted by molar-refractivity contribution is 6.40. The first-order chi connectivity index (χ1) is 11.5. The lowest BCUT2D eigenvalue weighted by atomic mass is 10.2. The summed E-state index contributed by atoms with van der Waals surface area (Å²) in [5.41, 5.74) is 0.635. The summed E-state index contributed by atoms with van der Waals surface area (Å²) in [6.45, 7) is 4.70. The van der Waals surface area contributed by atoms with Gasteiger partial charge in [-0.05, 0) is 25.5 Å². The molecule has 1 amide bonds. The Kier molecular flexibility index (Phi) is 6.82. The molecule has 0 aliphatic carbocycles. The van der Waals surface area contributed by atoms with E-state index in [2.05, 4.69) is 27.5 Å². The first-order valence-corrected chi connectivity index (χ1v) is 8.61. The van der Waals surface area contributed by atoms with Gasteiger partial charge in [-0.1, -0.05) is 49.0 Å². The molecule has 128 valence electrons. The molecule has 0 saturated carbocycles. The van der Waals surface area contributed by atoms with E-state index in [1.54, 1.807) is 31.2 Å². The number of nitrogens with one attached hydrogen (secondary N) is 2. The van der Waals surface area contributed by atoms with Crippen LogP contribution in [-0.2, 0) is 0 Å². The average Bonchev–Trinajstić information content (AvgIpc) is 2.54. The summed E-state index contributed by atoms with van der Waals surface area (Å²) in [6, 6.07) is 6.66. The van der Waals surface area contributed by atoms with Gasteiger partial charge in [-0.2, -0.15) is 0 Å². The van der Waals surface area contributed by atoms with E-state index in [4.69, 9.17) is 23.2 Å². The largest absolute Gasteiger partial charge is 0.370 e. The minimum Gasteiger partial charge on any atom is -0.370 e. The van der Waals surface area contributed by atoms with Crippen LogP contribution in [0.15, 0.2) is 24.3 Å². The second kappa shape index (κ2) is 8.85. The summed E-state index contributed by atoms with van der Waals surface area (Å²) in [5, 5.41) is 6.67. The zero-order valence-electron chi connectivity index (χ0n) is 13.7. The summed E-state index contributed by atoms with van der Waals surface area (Å²) in [5.74, 6) is 0.770. The molecule has 0 saturated heterocycles. The van der Waals surface area contributed by atoms with E-state index in [1.807, 2.05) is 0 Å². The first-order valence-electron chi connectivity index (χ1n) is 7.86. The van der Waals surface area contributed by atoms with E-state index in [9.17, 15) is 4.79 Å². The van der Waals surface area contributed by atoms with E-state index < -0.39 is 0 Å². The molecule has 1 aromatic carbocycles. The third-order valence-electron chi connectivity index (χ3n) is 3.36. The normalized spacial score (nSPS) is 10.5. The Bertz CT molecular complexity index is 701. The van der Waals surface area contributed by atoms with Gasteiger partial charge in [-0.15, -0.1) is 0 Å². The molecule has 2 rings (SSSR count). The van der Waals surface area contributed by atoms with Gasteiger partial charge >= 0.3 is 0 Å². The number of rotatable bonds is 7. The maximum atomic E-state index is 12.5. The molecule has 0 radical (unpaired) electrons. The number of halogens is 2. The van der Waals surface area contributed by atoms with Gasteiger partial charge in [0, 0.05) is 12.6 Å². The second-order valence-corrected chi connectivity index (χ2v) is 6.18. The van der Waals surface area contributed by atoms with E-state index >= 15 is 0 Å². The average molecular weight is 367 g/mol. The van der Waals surface area contributed by atoms with Crippen LogP contribution in [0.2, 0.25) is 10.0 Å². The van der Waals surface area contributed by atoms with Gasteiger partial charge in [-0.3, -0.25) is 4.79 Å². The minimum atomic E-state index is -0.382.